The summed E-state index contributed by atoms with van der Waals surface area (Å²) < 4.78 is 1.88. The summed E-state index contributed by atoms with van der Waals surface area (Å²) in [5.74, 6) is 1.81. The van der Waals surface area contributed by atoms with E-state index in [2.05, 4.69) is 30.5 Å². The van der Waals surface area contributed by atoms with Gasteiger partial charge in [-0.05, 0) is 37.6 Å². The number of nitrogens with one attached hydrogen (secondary N) is 1. The lowest BCUT2D eigenvalue weighted by Crippen LogP contribution is -2.26. The lowest BCUT2D eigenvalue weighted by atomic mass is 10.0. The average molecular weight is 221 g/mol. The van der Waals surface area contributed by atoms with Gasteiger partial charge in [0.1, 0.15) is 0 Å². The normalized spacial score (nSPS) is 19.7. The van der Waals surface area contributed by atoms with E-state index < -0.39 is 0 Å². The molecule has 1 fully saturated rings. The van der Waals surface area contributed by atoms with Gasteiger partial charge in [0, 0.05) is 24.8 Å². The molecule has 0 radical (unpaired) electrons. The van der Waals surface area contributed by atoms with Gasteiger partial charge in [0.25, 0.3) is 0 Å². The van der Waals surface area contributed by atoms with Crippen molar-refractivity contribution in [3.8, 4) is 0 Å². The number of aromatic nitrogens is 2. The Balaban J connectivity index is 1.85. The first-order valence-corrected chi connectivity index (χ1v) is 6.42. The van der Waals surface area contributed by atoms with Gasteiger partial charge in [0.2, 0.25) is 0 Å². The zero-order chi connectivity index (χ0) is 11.5. The van der Waals surface area contributed by atoms with E-state index in [0.29, 0.717) is 6.04 Å². The van der Waals surface area contributed by atoms with Crippen LogP contribution in [0.15, 0.2) is 12.4 Å². The van der Waals surface area contributed by atoms with Crippen molar-refractivity contribution in [3.05, 3.63) is 18.0 Å². The molecule has 1 aromatic heterocycles. The Labute approximate surface area is 98.2 Å². The van der Waals surface area contributed by atoms with Crippen molar-refractivity contribution in [1.82, 2.24) is 15.1 Å². The van der Waals surface area contributed by atoms with Crippen LogP contribution in [0.4, 0.5) is 0 Å². The van der Waals surface area contributed by atoms with Gasteiger partial charge in [-0.3, -0.25) is 4.68 Å². The summed E-state index contributed by atoms with van der Waals surface area (Å²) in [6.07, 6.45) is 8.09. The molecule has 3 heteroatoms. The molecule has 2 rings (SSSR count). The molecule has 0 amide bonds. The minimum Gasteiger partial charge on any atom is -0.310 e. The van der Waals surface area contributed by atoms with E-state index in [1.54, 1.807) is 0 Å². The smallest absolute Gasteiger partial charge is 0.0537 e. The highest BCUT2D eigenvalue weighted by atomic mass is 15.2. The molecular weight excluding hydrogens is 198 g/mol. The highest BCUT2D eigenvalue weighted by molar-refractivity contribution is 5.09. The van der Waals surface area contributed by atoms with Gasteiger partial charge in [-0.1, -0.05) is 13.8 Å². The maximum Gasteiger partial charge on any atom is 0.0537 e. The van der Waals surface area contributed by atoms with Crippen molar-refractivity contribution < 1.29 is 0 Å². The van der Waals surface area contributed by atoms with E-state index in [-0.39, 0.29) is 0 Å². The van der Waals surface area contributed by atoms with Crippen LogP contribution in [-0.4, -0.2) is 16.3 Å². The molecule has 0 aliphatic heterocycles. The Morgan fingerprint density at radius 1 is 1.56 bits per heavy atom. The van der Waals surface area contributed by atoms with Crippen molar-refractivity contribution in [2.75, 3.05) is 6.54 Å². The lowest BCUT2D eigenvalue weighted by molar-refractivity contribution is 0.414. The second-order valence-electron chi connectivity index (χ2n) is 5.13. The van der Waals surface area contributed by atoms with Crippen molar-refractivity contribution in [2.24, 2.45) is 18.9 Å². The molecule has 90 valence electrons. The molecule has 0 bridgehead atoms. The zero-order valence-electron chi connectivity index (χ0n) is 10.6. The number of rotatable bonds is 6. The molecule has 1 aliphatic rings. The molecule has 1 aliphatic carbocycles. The summed E-state index contributed by atoms with van der Waals surface area (Å²) in [5, 5.41) is 7.90. The third kappa shape index (κ3) is 2.85. The summed E-state index contributed by atoms with van der Waals surface area (Å²) in [7, 11) is 1.98. The second-order valence-corrected chi connectivity index (χ2v) is 5.13. The first kappa shape index (κ1) is 11.6. The predicted octanol–water partition coefficient (Wildman–Crippen LogP) is 2.51. The second kappa shape index (κ2) is 5.00. The van der Waals surface area contributed by atoms with Crippen LogP contribution in [0.1, 0.15) is 44.7 Å². The van der Waals surface area contributed by atoms with Crippen molar-refractivity contribution in [3.63, 3.8) is 0 Å². The van der Waals surface area contributed by atoms with Gasteiger partial charge in [-0.25, -0.2) is 0 Å². The molecular formula is C13H23N3. The van der Waals surface area contributed by atoms with Crippen LogP contribution in [0.5, 0.6) is 0 Å². The molecule has 1 N–H and O–H groups in total. The number of hydrogen-bond donors (Lipinski definition) is 1. The van der Waals surface area contributed by atoms with Gasteiger partial charge in [-0.15, -0.1) is 0 Å². The quantitative estimate of drug-likeness (QED) is 0.800. The summed E-state index contributed by atoms with van der Waals surface area (Å²) >= 11 is 0. The molecule has 1 heterocycles. The fourth-order valence-electron chi connectivity index (χ4n) is 2.28. The average Bonchev–Trinajstić information content (AvgIpc) is 3.03. The van der Waals surface area contributed by atoms with E-state index in [4.69, 9.17) is 0 Å². The Kier molecular flexibility index (Phi) is 3.64. The van der Waals surface area contributed by atoms with Gasteiger partial charge in [0.05, 0.1) is 6.20 Å². The van der Waals surface area contributed by atoms with Gasteiger partial charge >= 0.3 is 0 Å². The van der Waals surface area contributed by atoms with Crippen LogP contribution >= 0.6 is 0 Å². The van der Waals surface area contributed by atoms with Crippen LogP contribution < -0.4 is 5.32 Å². The topological polar surface area (TPSA) is 29.9 Å². The minimum atomic E-state index is 0.467. The molecule has 2 atom stereocenters. The maximum atomic E-state index is 4.24. The Morgan fingerprint density at radius 2 is 2.31 bits per heavy atom. The Bertz CT molecular complexity index is 328. The fraction of sp³-hybridized carbons (Fsp3) is 0.769. The SMILES string of the molecule is CCC(NCC(C)C1CC1)c1cnn(C)c1. The third-order valence-corrected chi connectivity index (χ3v) is 3.65. The molecule has 0 saturated heterocycles. The Hall–Kier alpha value is -0.830. The third-order valence-electron chi connectivity index (χ3n) is 3.65. The lowest BCUT2D eigenvalue weighted by Gasteiger charge is -2.18. The summed E-state index contributed by atoms with van der Waals surface area (Å²) in [6.45, 7) is 5.73. The van der Waals surface area contributed by atoms with Crippen LogP contribution in [0.2, 0.25) is 0 Å². The maximum absolute atomic E-state index is 4.24. The summed E-state index contributed by atoms with van der Waals surface area (Å²) in [4.78, 5) is 0. The van der Waals surface area contributed by atoms with Gasteiger partial charge in [0.15, 0.2) is 0 Å². The van der Waals surface area contributed by atoms with Crippen LogP contribution in [0.3, 0.4) is 0 Å². The minimum absolute atomic E-state index is 0.467. The number of hydrogen-bond acceptors (Lipinski definition) is 2. The monoisotopic (exact) mass is 221 g/mol. The zero-order valence-corrected chi connectivity index (χ0v) is 10.6. The van der Waals surface area contributed by atoms with E-state index in [0.717, 1.165) is 24.8 Å². The molecule has 0 aromatic carbocycles. The van der Waals surface area contributed by atoms with Crippen LogP contribution in [0.25, 0.3) is 0 Å². The van der Waals surface area contributed by atoms with E-state index >= 15 is 0 Å². The van der Waals surface area contributed by atoms with Gasteiger partial charge < -0.3 is 5.32 Å². The molecule has 0 spiro atoms. The first-order chi connectivity index (χ1) is 7.70. The highest BCUT2D eigenvalue weighted by Gasteiger charge is 2.28. The molecule has 16 heavy (non-hydrogen) atoms. The summed E-state index contributed by atoms with van der Waals surface area (Å²) in [6, 6.07) is 0.467. The number of nitrogens with zero attached hydrogens (tertiary/aromatic N) is 2. The predicted molar refractivity (Wildman–Crippen MR) is 66.1 cm³/mol. The van der Waals surface area contributed by atoms with Crippen molar-refractivity contribution in [2.45, 2.75) is 39.2 Å². The summed E-state index contributed by atoms with van der Waals surface area (Å²) in [5.41, 5.74) is 1.31. The van der Waals surface area contributed by atoms with E-state index in [1.165, 1.54) is 18.4 Å². The fourth-order valence-corrected chi connectivity index (χ4v) is 2.28. The molecule has 2 unspecified atom stereocenters. The van der Waals surface area contributed by atoms with Gasteiger partial charge in [-0.2, -0.15) is 5.10 Å². The van der Waals surface area contributed by atoms with Crippen molar-refractivity contribution >= 4 is 0 Å². The molecule has 1 saturated carbocycles. The van der Waals surface area contributed by atoms with Crippen LogP contribution in [0, 0.1) is 11.8 Å². The standard InChI is InChI=1S/C13H23N3/c1-4-13(12-8-15-16(3)9-12)14-7-10(2)11-5-6-11/h8-11,13-14H,4-7H2,1-3H3. The van der Waals surface area contributed by atoms with Crippen LogP contribution in [-0.2, 0) is 7.05 Å². The van der Waals surface area contributed by atoms with Crippen molar-refractivity contribution in [1.29, 1.82) is 0 Å². The Morgan fingerprint density at radius 3 is 2.81 bits per heavy atom. The van der Waals surface area contributed by atoms with E-state index in [9.17, 15) is 0 Å². The largest absolute Gasteiger partial charge is 0.310 e. The molecule has 3 nitrogen and oxygen atoms in total. The van der Waals surface area contributed by atoms with E-state index in [1.807, 2.05) is 17.9 Å². The highest BCUT2D eigenvalue weighted by Crippen LogP contribution is 2.36. The molecule has 1 aromatic rings. The number of aryl methyl sites for hydroxylation is 1. The first-order valence-electron chi connectivity index (χ1n) is 6.42.